The van der Waals surface area contributed by atoms with E-state index in [1.807, 2.05) is 6.20 Å². The number of H-pyrrole nitrogens is 1. The highest BCUT2D eigenvalue weighted by Crippen LogP contribution is 2.04. The fourth-order valence-corrected chi connectivity index (χ4v) is 1.61. The van der Waals surface area contributed by atoms with E-state index in [1.54, 1.807) is 6.20 Å². The van der Waals surface area contributed by atoms with Crippen LogP contribution in [0.3, 0.4) is 0 Å². The van der Waals surface area contributed by atoms with Crippen molar-refractivity contribution in [2.75, 3.05) is 0 Å². The molecule has 1 aromatic carbocycles. The third kappa shape index (κ3) is 2.94. The fraction of sp³-hybridized carbons (Fsp3) is 0.308. The molecule has 3 heteroatoms. The number of aryl methyl sites for hydroxylation is 1. The molecule has 2 aromatic rings. The van der Waals surface area contributed by atoms with Gasteiger partial charge in [-0.3, -0.25) is 0 Å². The van der Waals surface area contributed by atoms with Gasteiger partial charge in [0, 0.05) is 18.9 Å². The Balaban J connectivity index is 1.81. The molecule has 0 aliphatic heterocycles. The molecule has 0 fully saturated rings. The molecule has 3 nitrogen and oxygen atoms in total. The fourth-order valence-electron chi connectivity index (χ4n) is 1.61. The highest BCUT2D eigenvalue weighted by atomic mass is 15.0. The van der Waals surface area contributed by atoms with E-state index in [9.17, 15) is 0 Å². The Hall–Kier alpha value is -1.61. The lowest BCUT2D eigenvalue weighted by Crippen LogP contribution is -2.13. The van der Waals surface area contributed by atoms with Gasteiger partial charge in [0.05, 0.1) is 6.54 Å². The smallest absolute Gasteiger partial charge is 0.120 e. The lowest BCUT2D eigenvalue weighted by molar-refractivity contribution is 0.668. The minimum Gasteiger partial charge on any atom is -0.348 e. The van der Waals surface area contributed by atoms with Gasteiger partial charge < -0.3 is 10.3 Å². The molecule has 0 bridgehead atoms. The van der Waals surface area contributed by atoms with Crippen LogP contribution in [0, 0.1) is 0 Å². The van der Waals surface area contributed by atoms with Crippen molar-refractivity contribution in [2.45, 2.75) is 26.4 Å². The van der Waals surface area contributed by atoms with Crippen molar-refractivity contribution in [3.63, 3.8) is 0 Å². The van der Waals surface area contributed by atoms with E-state index in [4.69, 9.17) is 0 Å². The van der Waals surface area contributed by atoms with Gasteiger partial charge in [0.15, 0.2) is 0 Å². The molecule has 0 aliphatic rings. The number of aromatic amines is 1. The Morgan fingerprint density at radius 3 is 2.50 bits per heavy atom. The van der Waals surface area contributed by atoms with Gasteiger partial charge >= 0.3 is 0 Å². The summed E-state index contributed by atoms with van der Waals surface area (Å²) >= 11 is 0. The zero-order chi connectivity index (χ0) is 11.2. The predicted molar refractivity (Wildman–Crippen MR) is 65.0 cm³/mol. The van der Waals surface area contributed by atoms with Crippen molar-refractivity contribution in [2.24, 2.45) is 0 Å². The van der Waals surface area contributed by atoms with Gasteiger partial charge in [-0.2, -0.15) is 0 Å². The van der Waals surface area contributed by atoms with Crippen molar-refractivity contribution >= 4 is 0 Å². The molecule has 0 unspecified atom stereocenters. The largest absolute Gasteiger partial charge is 0.348 e. The molecule has 0 aliphatic carbocycles. The molecular formula is C13H17N3. The molecule has 16 heavy (non-hydrogen) atoms. The Kier molecular flexibility index (Phi) is 3.72. The van der Waals surface area contributed by atoms with E-state index in [0.717, 1.165) is 25.3 Å². The first kappa shape index (κ1) is 10.9. The number of imidazole rings is 1. The van der Waals surface area contributed by atoms with E-state index in [1.165, 1.54) is 11.1 Å². The van der Waals surface area contributed by atoms with Crippen LogP contribution in [0.1, 0.15) is 23.9 Å². The van der Waals surface area contributed by atoms with Crippen LogP contribution in [0.2, 0.25) is 0 Å². The standard InChI is InChI=1S/C13H17N3/c1-2-11-3-5-12(6-4-11)9-14-10-13-15-7-8-16-13/h3-8,14H,2,9-10H2,1H3,(H,15,16). The minimum absolute atomic E-state index is 0.780. The van der Waals surface area contributed by atoms with E-state index < -0.39 is 0 Å². The summed E-state index contributed by atoms with van der Waals surface area (Å²) < 4.78 is 0. The third-order valence-electron chi connectivity index (χ3n) is 2.61. The van der Waals surface area contributed by atoms with Crippen LogP contribution < -0.4 is 5.32 Å². The van der Waals surface area contributed by atoms with Gasteiger partial charge in [-0.25, -0.2) is 4.98 Å². The molecule has 84 valence electrons. The predicted octanol–water partition coefficient (Wildman–Crippen LogP) is 2.26. The molecule has 0 saturated heterocycles. The Morgan fingerprint density at radius 2 is 1.88 bits per heavy atom. The van der Waals surface area contributed by atoms with Crippen molar-refractivity contribution in [3.8, 4) is 0 Å². The molecule has 0 radical (unpaired) electrons. The molecular weight excluding hydrogens is 198 g/mol. The van der Waals surface area contributed by atoms with Crippen molar-refractivity contribution < 1.29 is 0 Å². The average Bonchev–Trinajstić information content (AvgIpc) is 2.83. The van der Waals surface area contributed by atoms with Gasteiger partial charge in [-0.05, 0) is 17.5 Å². The first-order chi connectivity index (χ1) is 7.88. The third-order valence-corrected chi connectivity index (χ3v) is 2.61. The molecule has 2 rings (SSSR count). The first-order valence-corrected chi connectivity index (χ1v) is 5.65. The number of nitrogens with zero attached hydrogens (tertiary/aromatic N) is 1. The summed E-state index contributed by atoms with van der Waals surface area (Å²) in [5.41, 5.74) is 2.69. The van der Waals surface area contributed by atoms with Crippen molar-refractivity contribution in [1.29, 1.82) is 0 Å². The summed E-state index contributed by atoms with van der Waals surface area (Å²) in [5, 5.41) is 3.35. The summed E-state index contributed by atoms with van der Waals surface area (Å²) in [6, 6.07) is 8.72. The van der Waals surface area contributed by atoms with Crippen LogP contribution in [0.25, 0.3) is 0 Å². The van der Waals surface area contributed by atoms with E-state index >= 15 is 0 Å². The van der Waals surface area contributed by atoms with Crippen LogP contribution in [-0.4, -0.2) is 9.97 Å². The summed E-state index contributed by atoms with van der Waals surface area (Å²) in [7, 11) is 0. The highest BCUT2D eigenvalue weighted by molar-refractivity contribution is 5.22. The van der Waals surface area contributed by atoms with Crippen LogP contribution in [-0.2, 0) is 19.5 Å². The number of nitrogens with one attached hydrogen (secondary N) is 2. The average molecular weight is 215 g/mol. The molecule has 1 heterocycles. The summed E-state index contributed by atoms with van der Waals surface area (Å²) in [6.07, 6.45) is 4.71. The Labute approximate surface area is 95.9 Å². The van der Waals surface area contributed by atoms with Gasteiger partial charge in [-0.15, -0.1) is 0 Å². The molecule has 2 N–H and O–H groups in total. The molecule has 0 amide bonds. The number of aromatic nitrogens is 2. The monoisotopic (exact) mass is 215 g/mol. The maximum atomic E-state index is 4.16. The molecule has 0 atom stereocenters. The number of hydrogen-bond donors (Lipinski definition) is 2. The first-order valence-electron chi connectivity index (χ1n) is 5.65. The zero-order valence-corrected chi connectivity index (χ0v) is 9.53. The maximum Gasteiger partial charge on any atom is 0.120 e. The van der Waals surface area contributed by atoms with Gasteiger partial charge in [-0.1, -0.05) is 31.2 Å². The number of hydrogen-bond acceptors (Lipinski definition) is 2. The normalized spacial score (nSPS) is 10.6. The minimum atomic E-state index is 0.780. The van der Waals surface area contributed by atoms with E-state index in [2.05, 4.69) is 46.5 Å². The van der Waals surface area contributed by atoms with Gasteiger partial charge in [0.25, 0.3) is 0 Å². The van der Waals surface area contributed by atoms with Crippen LogP contribution in [0.15, 0.2) is 36.7 Å². The number of benzene rings is 1. The second-order valence-electron chi connectivity index (χ2n) is 3.81. The summed E-state index contributed by atoms with van der Waals surface area (Å²) in [6.45, 7) is 3.83. The van der Waals surface area contributed by atoms with Crippen LogP contribution in [0.4, 0.5) is 0 Å². The highest BCUT2D eigenvalue weighted by Gasteiger charge is 1.95. The van der Waals surface area contributed by atoms with Crippen molar-refractivity contribution in [3.05, 3.63) is 53.6 Å². The SMILES string of the molecule is CCc1ccc(CNCc2ncc[nH]2)cc1. The Morgan fingerprint density at radius 1 is 1.12 bits per heavy atom. The zero-order valence-electron chi connectivity index (χ0n) is 9.53. The van der Waals surface area contributed by atoms with Gasteiger partial charge in [0.1, 0.15) is 5.82 Å². The van der Waals surface area contributed by atoms with Gasteiger partial charge in [0.2, 0.25) is 0 Å². The Bertz CT molecular complexity index is 403. The maximum absolute atomic E-state index is 4.16. The summed E-state index contributed by atoms with van der Waals surface area (Å²) in [5.74, 6) is 0.977. The second kappa shape index (κ2) is 5.47. The lowest BCUT2D eigenvalue weighted by Gasteiger charge is -2.04. The quantitative estimate of drug-likeness (QED) is 0.803. The van der Waals surface area contributed by atoms with Crippen molar-refractivity contribution in [1.82, 2.24) is 15.3 Å². The number of rotatable bonds is 5. The summed E-state index contributed by atoms with van der Waals surface area (Å²) in [4.78, 5) is 7.22. The lowest BCUT2D eigenvalue weighted by atomic mass is 10.1. The molecule has 0 spiro atoms. The molecule has 1 aromatic heterocycles. The van der Waals surface area contributed by atoms with Crippen LogP contribution >= 0.6 is 0 Å². The van der Waals surface area contributed by atoms with E-state index in [0.29, 0.717) is 0 Å². The second-order valence-corrected chi connectivity index (χ2v) is 3.81. The molecule has 0 saturated carbocycles. The van der Waals surface area contributed by atoms with Crippen LogP contribution in [0.5, 0.6) is 0 Å². The van der Waals surface area contributed by atoms with E-state index in [-0.39, 0.29) is 0 Å². The topological polar surface area (TPSA) is 40.7 Å².